The molecule has 1 amide bonds. The molecule has 0 saturated carbocycles. The third-order valence-corrected chi connectivity index (χ3v) is 3.43. The van der Waals surface area contributed by atoms with E-state index in [4.69, 9.17) is 4.52 Å². The molecule has 0 radical (unpaired) electrons. The van der Waals surface area contributed by atoms with Gasteiger partial charge in [-0.15, -0.1) is 0 Å². The topological polar surface area (TPSA) is 75.4 Å². The standard InChI is InChI=1S/C16H20N2O3/c1-11-15(12(2)21-18-11)9-16(20)17-14(10-19)8-13-6-4-3-5-7-13/h3-7,14,19H,8-10H2,1-2H3,(H,17,20)/t14-/m0/s1. The zero-order valence-electron chi connectivity index (χ0n) is 12.3. The van der Waals surface area contributed by atoms with Crippen LogP contribution in [0.5, 0.6) is 0 Å². The van der Waals surface area contributed by atoms with Crippen molar-refractivity contribution in [1.29, 1.82) is 0 Å². The molecule has 0 aliphatic rings. The van der Waals surface area contributed by atoms with Crippen molar-refractivity contribution in [3.63, 3.8) is 0 Å². The van der Waals surface area contributed by atoms with Gasteiger partial charge in [-0.05, 0) is 25.8 Å². The Kier molecular flexibility index (Phi) is 5.11. The van der Waals surface area contributed by atoms with Gasteiger partial charge in [0.25, 0.3) is 0 Å². The zero-order valence-corrected chi connectivity index (χ0v) is 12.3. The molecular weight excluding hydrogens is 268 g/mol. The maximum Gasteiger partial charge on any atom is 0.224 e. The van der Waals surface area contributed by atoms with E-state index in [0.717, 1.165) is 16.8 Å². The summed E-state index contributed by atoms with van der Waals surface area (Å²) in [6.45, 7) is 3.50. The van der Waals surface area contributed by atoms with E-state index >= 15 is 0 Å². The number of hydrogen-bond acceptors (Lipinski definition) is 4. The largest absolute Gasteiger partial charge is 0.394 e. The van der Waals surface area contributed by atoms with Gasteiger partial charge in [0.2, 0.25) is 5.91 Å². The van der Waals surface area contributed by atoms with E-state index in [-0.39, 0.29) is 25.0 Å². The van der Waals surface area contributed by atoms with Crippen molar-refractivity contribution >= 4 is 5.91 Å². The fraction of sp³-hybridized carbons (Fsp3) is 0.375. The van der Waals surface area contributed by atoms with Crippen molar-refractivity contribution in [3.05, 3.63) is 52.9 Å². The highest BCUT2D eigenvalue weighted by Crippen LogP contribution is 2.13. The number of hydrogen-bond donors (Lipinski definition) is 2. The lowest BCUT2D eigenvalue weighted by Gasteiger charge is -2.16. The second kappa shape index (κ2) is 7.04. The number of aryl methyl sites for hydroxylation is 2. The number of carbonyl (C=O) groups is 1. The molecule has 5 nitrogen and oxygen atoms in total. The number of amides is 1. The van der Waals surface area contributed by atoms with Gasteiger partial charge in [0.1, 0.15) is 5.76 Å². The second-order valence-corrected chi connectivity index (χ2v) is 5.12. The molecule has 112 valence electrons. The Balaban J connectivity index is 1.94. The van der Waals surface area contributed by atoms with Gasteiger partial charge in [0, 0.05) is 5.56 Å². The number of benzene rings is 1. The van der Waals surface area contributed by atoms with E-state index in [9.17, 15) is 9.90 Å². The molecule has 2 N–H and O–H groups in total. The van der Waals surface area contributed by atoms with Crippen LogP contribution in [0, 0.1) is 13.8 Å². The van der Waals surface area contributed by atoms with Gasteiger partial charge < -0.3 is 14.9 Å². The molecule has 0 saturated heterocycles. The first-order valence-corrected chi connectivity index (χ1v) is 6.96. The maximum atomic E-state index is 12.1. The Hall–Kier alpha value is -2.14. The third kappa shape index (κ3) is 4.16. The van der Waals surface area contributed by atoms with Gasteiger partial charge in [-0.1, -0.05) is 35.5 Å². The molecule has 0 spiro atoms. The Morgan fingerprint density at radius 1 is 1.33 bits per heavy atom. The minimum atomic E-state index is -0.291. The molecule has 0 unspecified atom stereocenters. The van der Waals surface area contributed by atoms with Gasteiger partial charge in [-0.25, -0.2) is 0 Å². The van der Waals surface area contributed by atoms with Crippen molar-refractivity contribution in [3.8, 4) is 0 Å². The van der Waals surface area contributed by atoms with Gasteiger partial charge in [-0.2, -0.15) is 0 Å². The van der Waals surface area contributed by atoms with Gasteiger partial charge >= 0.3 is 0 Å². The number of nitrogens with one attached hydrogen (secondary N) is 1. The first-order valence-electron chi connectivity index (χ1n) is 6.96. The van der Waals surface area contributed by atoms with Crippen molar-refractivity contribution in [1.82, 2.24) is 10.5 Å². The number of nitrogens with zero attached hydrogens (tertiary/aromatic N) is 1. The molecule has 21 heavy (non-hydrogen) atoms. The zero-order chi connectivity index (χ0) is 15.2. The number of carbonyl (C=O) groups excluding carboxylic acids is 1. The van der Waals surface area contributed by atoms with Crippen LogP contribution in [-0.4, -0.2) is 28.8 Å². The monoisotopic (exact) mass is 288 g/mol. The van der Waals surface area contributed by atoms with Gasteiger partial charge in [0.15, 0.2) is 0 Å². The van der Waals surface area contributed by atoms with Crippen molar-refractivity contribution < 1.29 is 14.4 Å². The number of aliphatic hydroxyl groups is 1. The van der Waals surface area contributed by atoms with Crippen LogP contribution in [0.1, 0.15) is 22.6 Å². The number of aromatic nitrogens is 1. The van der Waals surface area contributed by atoms with Crippen LogP contribution >= 0.6 is 0 Å². The van der Waals surface area contributed by atoms with E-state index in [0.29, 0.717) is 12.2 Å². The second-order valence-electron chi connectivity index (χ2n) is 5.12. The lowest BCUT2D eigenvalue weighted by atomic mass is 10.1. The lowest BCUT2D eigenvalue weighted by Crippen LogP contribution is -2.40. The molecule has 2 rings (SSSR count). The van der Waals surface area contributed by atoms with Crippen LogP contribution in [0.15, 0.2) is 34.9 Å². The molecule has 2 aromatic rings. The summed E-state index contributed by atoms with van der Waals surface area (Å²) in [4.78, 5) is 12.1. The van der Waals surface area contributed by atoms with Crippen LogP contribution in [-0.2, 0) is 17.6 Å². The van der Waals surface area contributed by atoms with E-state index < -0.39 is 0 Å². The summed E-state index contributed by atoms with van der Waals surface area (Å²) in [7, 11) is 0. The van der Waals surface area contributed by atoms with Crippen molar-refractivity contribution in [2.45, 2.75) is 32.7 Å². The minimum Gasteiger partial charge on any atom is -0.394 e. The smallest absolute Gasteiger partial charge is 0.224 e. The number of aliphatic hydroxyl groups excluding tert-OH is 1. The quantitative estimate of drug-likeness (QED) is 0.845. The summed E-state index contributed by atoms with van der Waals surface area (Å²) >= 11 is 0. The lowest BCUT2D eigenvalue weighted by molar-refractivity contribution is -0.121. The molecule has 1 aromatic carbocycles. The molecule has 0 bridgehead atoms. The maximum absolute atomic E-state index is 12.1. The molecule has 0 fully saturated rings. The van der Waals surface area contributed by atoms with Crippen LogP contribution in [0.2, 0.25) is 0 Å². The van der Waals surface area contributed by atoms with Crippen LogP contribution in [0.3, 0.4) is 0 Å². The first-order chi connectivity index (χ1) is 10.1. The Labute approximate surface area is 124 Å². The SMILES string of the molecule is Cc1noc(C)c1CC(=O)N[C@H](CO)Cc1ccccc1. The van der Waals surface area contributed by atoms with E-state index in [1.54, 1.807) is 6.92 Å². The molecule has 1 atom stereocenters. The minimum absolute atomic E-state index is 0.0950. The molecular formula is C16H20N2O3. The van der Waals surface area contributed by atoms with Gasteiger partial charge in [-0.3, -0.25) is 4.79 Å². The van der Waals surface area contributed by atoms with Crippen LogP contribution in [0.25, 0.3) is 0 Å². The fourth-order valence-electron chi connectivity index (χ4n) is 2.25. The average Bonchev–Trinajstić information content (AvgIpc) is 2.79. The highest BCUT2D eigenvalue weighted by atomic mass is 16.5. The van der Waals surface area contributed by atoms with Crippen LogP contribution < -0.4 is 5.32 Å². The summed E-state index contributed by atoms with van der Waals surface area (Å²) in [5, 5.41) is 16.1. The summed E-state index contributed by atoms with van der Waals surface area (Å²) in [6.07, 6.45) is 0.817. The summed E-state index contributed by atoms with van der Waals surface area (Å²) in [5.74, 6) is 0.519. The molecule has 1 heterocycles. The van der Waals surface area contributed by atoms with Crippen molar-refractivity contribution in [2.75, 3.05) is 6.61 Å². The Morgan fingerprint density at radius 3 is 2.62 bits per heavy atom. The Morgan fingerprint density at radius 2 is 2.05 bits per heavy atom. The third-order valence-electron chi connectivity index (χ3n) is 3.43. The summed E-state index contributed by atoms with van der Waals surface area (Å²) < 4.78 is 5.04. The average molecular weight is 288 g/mol. The Bertz CT molecular complexity index is 573. The molecule has 5 heteroatoms. The molecule has 0 aliphatic heterocycles. The predicted molar refractivity (Wildman–Crippen MR) is 78.8 cm³/mol. The van der Waals surface area contributed by atoms with E-state index in [2.05, 4.69) is 10.5 Å². The van der Waals surface area contributed by atoms with Crippen molar-refractivity contribution in [2.24, 2.45) is 0 Å². The van der Waals surface area contributed by atoms with Gasteiger partial charge in [0.05, 0.1) is 24.8 Å². The highest BCUT2D eigenvalue weighted by Gasteiger charge is 2.16. The molecule has 0 aliphatic carbocycles. The number of rotatable bonds is 6. The van der Waals surface area contributed by atoms with Crippen LogP contribution in [0.4, 0.5) is 0 Å². The summed E-state index contributed by atoms with van der Waals surface area (Å²) in [6, 6.07) is 9.48. The highest BCUT2D eigenvalue weighted by molar-refractivity contribution is 5.79. The fourth-order valence-corrected chi connectivity index (χ4v) is 2.25. The van der Waals surface area contributed by atoms with E-state index in [1.165, 1.54) is 0 Å². The summed E-state index contributed by atoms with van der Waals surface area (Å²) in [5.41, 5.74) is 2.62. The normalized spacial score (nSPS) is 12.1. The first kappa shape index (κ1) is 15.3. The predicted octanol–water partition coefficient (Wildman–Crippen LogP) is 1.55. The molecule has 1 aromatic heterocycles. The van der Waals surface area contributed by atoms with E-state index in [1.807, 2.05) is 37.3 Å².